The number of Topliss-reactive ketones (excluding diaryl/α,β-unsaturated/α-hetero) is 1. The lowest BCUT2D eigenvalue weighted by Gasteiger charge is -2.40. The van der Waals surface area contributed by atoms with Crippen molar-refractivity contribution < 1.29 is 48.6 Å². The van der Waals surface area contributed by atoms with Crippen LogP contribution in [0.2, 0.25) is 0 Å². The van der Waals surface area contributed by atoms with Crippen LogP contribution >= 0.6 is 0 Å². The first-order valence-corrected chi connectivity index (χ1v) is 14.8. The molecule has 0 spiro atoms. The molecule has 2 aromatic rings. The van der Waals surface area contributed by atoms with Gasteiger partial charge in [-0.05, 0) is 61.2 Å². The van der Waals surface area contributed by atoms with Gasteiger partial charge in [-0.1, -0.05) is 0 Å². The lowest BCUT2D eigenvalue weighted by molar-refractivity contribution is -0.268. The van der Waals surface area contributed by atoms with Crippen LogP contribution in [0.5, 0.6) is 17.2 Å². The number of benzene rings is 2. The number of aliphatic hydroxyl groups is 3. The topological polar surface area (TPSA) is 147 Å². The van der Waals surface area contributed by atoms with Crippen LogP contribution < -0.4 is 14.2 Å². The average Bonchev–Trinajstić information content (AvgIpc) is 3.58. The lowest BCUT2D eigenvalue weighted by Crippen LogP contribution is -2.58. The Kier molecular flexibility index (Phi) is 7.31. The summed E-state index contributed by atoms with van der Waals surface area (Å²) in [7, 11) is 0. The number of nitrogens with zero attached hydrogens (tertiary/aromatic N) is 2. The van der Waals surface area contributed by atoms with Gasteiger partial charge in [-0.2, -0.15) is 0 Å². The lowest BCUT2D eigenvalue weighted by atomic mass is 9.82. The number of amides is 1. The Morgan fingerprint density at radius 3 is 2.42 bits per heavy atom. The van der Waals surface area contributed by atoms with E-state index in [0.29, 0.717) is 59.3 Å². The van der Waals surface area contributed by atoms with Crippen molar-refractivity contribution in [2.24, 2.45) is 0 Å². The summed E-state index contributed by atoms with van der Waals surface area (Å²) in [6.45, 7) is 7.79. The molecule has 1 amide bonds. The fourth-order valence-electron chi connectivity index (χ4n) is 6.89. The number of fused-ring (bicyclic) bond motifs is 6. The van der Waals surface area contributed by atoms with E-state index in [4.69, 9.17) is 23.7 Å². The highest BCUT2D eigenvalue weighted by Gasteiger charge is 2.51. The highest BCUT2D eigenvalue weighted by atomic mass is 16.7. The van der Waals surface area contributed by atoms with Crippen molar-refractivity contribution in [1.82, 2.24) is 9.80 Å². The van der Waals surface area contributed by atoms with Crippen molar-refractivity contribution >= 4 is 11.7 Å². The van der Waals surface area contributed by atoms with Gasteiger partial charge in [0.05, 0.1) is 31.3 Å². The van der Waals surface area contributed by atoms with Gasteiger partial charge in [0.1, 0.15) is 24.1 Å². The van der Waals surface area contributed by atoms with E-state index in [0.717, 1.165) is 31.6 Å². The molecular formula is C31H36N2O10. The standard InChI is InChI=1S/C31H36N2O10/c1-15-10-20-17(11-21(15)43-31-29(37)28(36)26(34)16(2)42-31)24-25(18-12-22-23(41-14-40-22)13-19(18)27(24)35)33(30(20)38)5-3-4-32-6-8-39-9-7-32/h10-13,16,24-26,28-29,31,34,36-37H,3-9,14H2,1-2H3/t16-,24?,25?,26+,28+,29-,31-/m0/s1. The normalized spacial score (nSPS) is 31.6. The van der Waals surface area contributed by atoms with E-state index in [-0.39, 0.29) is 18.5 Å². The number of hydrogen-bond donors (Lipinski definition) is 3. The molecule has 1 aliphatic carbocycles. The molecule has 12 nitrogen and oxygen atoms in total. The van der Waals surface area contributed by atoms with Gasteiger partial charge in [0.2, 0.25) is 13.1 Å². The quantitative estimate of drug-likeness (QED) is 0.441. The van der Waals surface area contributed by atoms with Gasteiger partial charge in [0, 0.05) is 37.3 Å². The molecule has 7 rings (SSSR count). The maximum Gasteiger partial charge on any atom is 0.254 e. The summed E-state index contributed by atoms with van der Waals surface area (Å²) in [5, 5.41) is 30.9. The van der Waals surface area contributed by atoms with Gasteiger partial charge in [-0.15, -0.1) is 0 Å². The van der Waals surface area contributed by atoms with Gasteiger partial charge in [0.15, 0.2) is 17.3 Å². The van der Waals surface area contributed by atoms with Gasteiger partial charge in [0.25, 0.3) is 5.91 Å². The van der Waals surface area contributed by atoms with Crippen LogP contribution in [-0.2, 0) is 9.47 Å². The van der Waals surface area contributed by atoms with Crippen molar-refractivity contribution in [1.29, 1.82) is 0 Å². The molecule has 0 bridgehead atoms. The molecule has 230 valence electrons. The van der Waals surface area contributed by atoms with Crippen LogP contribution in [0.25, 0.3) is 0 Å². The zero-order valence-electron chi connectivity index (χ0n) is 24.1. The predicted octanol–water partition coefficient (Wildman–Crippen LogP) is 1.13. The van der Waals surface area contributed by atoms with Crippen molar-refractivity contribution in [3.8, 4) is 17.2 Å². The third-order valence-corrected chi connectivity index (χ3v) is 9.26. The molecule has 43 heavy (non-hydrogen) atoms. The molecule has 2 saturated heterocycles. The van der Waals surface area contributed by atoms with E-state index >= 15 is 0 Å². The minimum Gasteiger partial charge on any atom is -0.462 e. The number of aliphatic hydroxyl groups excluding tert-OH is 3. The second-order valence-electron chi connectivity index (χ2n) is 11.9. The first-order chi connectivity index (χ1) is 20.7. The molecule has 5 aliphatic rings. The Hall–Kier alpha value is -3.26. The largest absolute Gasteiger partial charge is 0.462 e. The second kappa shape index (κ2) is 11.0. The molecular weight excluding hydrogens is 560 g/mol. The zero-order valence-corrected chi connectivity index (χ0v) is 24.1. The summed E-state index contributed by atoms with van der Waals surface area (Å²) in [6, 6.07) is 6.38. The van der Waals surface area contributed by atoms with Crippen LogP contribution in [0.4, 0.5) is 0 Å². The number of hydrogen-bond acceptors (Lipinski definition) is 11. The van der Waals surface area contributed by atoms with Crippen LogP contribution in [0.15, 0.2) is 24.3 Å². The maximum atomic E-state index is 14.2. The minimum absolute atomic E-state index is 0.0744. The number of carbonyl (C=O) groups excluding carboxylic acids is 2. The van der Waals surface area contributed by atoms with Crippen LogP contribution in [0.1, 0.15) is 62.7 Å². The Bertz CT molecular complexity index is 1440. The van der Waals surface area contributed by atoms with Crippen molar-refractivity contribution in [3.05, 3.63) is 52.1 Å². The summed E-state index contributed by atoms with van der Waals surface area (Å²) in [6.07, 6.45) is -5.53. The molecule has 2 unspecified atom stereocenters. The highest BCUT2D eigenvalue weighted by Crippen LogP contribution is 2.54. The van der Waals surface area contributed by atoms with Crippen molar-refractivity contribution in [3.63, 3.8) is 0 Å². The van der Waals surface area contributed by atoms with E-state index in [1.807, 2.05) is 11.0 Å². The number of morpholine rings is 1. The van der Waals surface area contributed by atoms with Gasteiger partial charge < -0.3 is 43.9 Å². The fraction of sp³-hybridized carbons (Fsp3) is 0.548. The van der Waals surface area contributed by atoms with Gasteiger partial charge >= 0.3 is 0 Å². The number of rotatable bonds is 6. The molecule has 12 heteroatoms. The molecule has 2 fully saturated rings. The SMILES string of the molecule is Cc1cc2c(cc1O[C@@H]1O[C@@H](C)[C@@H](O)[C@@H](O)[C@@H]1O)C1C(=O)c3cc4c(cc3C1N(CCCN1CCOCC1)C2=O)OCO4. The average molecular weight is 597 g/mol. The maximum absolute atomic E-state index is 14.2. The number of aryl methyl sites for hydroxylation is 1. The van der Waals surface area contributed by atoms with Crippen molar-refractivity contribution in [2.45, 2.75) is 62.9 Å². The Labute approximate surface area is 248 Å². The van der Waals surface area contributed by atoms with E-state index in [2.05, 4.69) is 4.90 Å². The summed E-state index contributed by atoms with van der Waals surface area (Å²) in [5.74, 6) is 0.379. The van der Waals surface area contributed by atoms with Crippen LogP contribution in [0, 0.1) is 6.92 Å². The summed E-state index contributed by atoms with van der Waals surface area (Å²) in [5.41, 5.74) is 2.78. The van der Waals surface area contributed by atoms with Crippen LogP contribution in [-0.4, -0.2) is 114 Å². The number of ether oxygens (including phenoxy) is 5. The van der Waals surface area contributed by atoms with E-state index in [1.54, 1.807) is 32.0 Å². The first kappa shape index (κ1) is 28.5. The summed E-state index contributed by atoms with van der Waals surface area (Å²) in [4.78, 5) is 32.4. The smallest absolute Gasteiger partial charge is 0.254 e. The second-order valence-corrected chi connectivity index (χ2v) is 11.9. The highest BCUT2D eigenvalue weighted by molar-refractivity contribution is 6.11. The molecule has 0 radical (unpaired) electrons. The summed E-state index contributed by atoms with van der Waals surface area (Å²) < 4.78 is 28.4. The van der Waals surface area contributed by atoms with Crippen LogP contribution in [0.3, 0.4) is 0 Å². The monoisotopic (exact) mass is 596 g/mol. The molecule has 0 saturated carbocycles. The molecule has 2 aromatic carbocycles. The zero-order chi connectivity index (χ0) is 30.0. The van der Waals surface area contributed by atoms with Crippen molar-refractivity contribution in [2.75, 3.05) is 46.2 Å². The Morgan fingerprint density at radius 2 is 1.65 bits per heavy atom. The molecule has 4 aliphatic heterocycles. The Morgan fingerprint density at radius 1 is 0.907 bits per heavy atom. The van der Waals surface area contributed by atoms with Gasteiger partial charge in [-0.3, -0.25) is 14.5 Å². The molecule has 0 aromatic heterocycles. The summed E-state index contributed by atoms with van der Waals surface area (Å²) >= 11 is 0. The fourth-order valence-corrected chi connectivity index (χ4v) is 6.89. The predicted molar refractivity (Wildman–Crippen MR) is 149 cm³/mol. The Balaban J connectivity index is 1.24. The van der Waals surface area contributed by atoms with E-state index in [1.165, 1.54) is 0 Å². The third-order valence-electron chi connectivity index (χ3n) is 9.26. The molecule has 3 N–H and O–H groups in total. The molecule has 7 atom stereocenters. The van der Waals surface area contributed by atoms with Gasteiger partial charge in [-0.25, -0.2) is 0 Å². The number of ketones is 1. The first-order valence-electron chi connectivity index (χ1n) is 14.8. The van der Waals surface area contributed by atoms with E-state index < -0.39 is 42.7 Å². The minimum atomic E-state index is -1.50. The molecule has 4 heterocycles. The van der Waals surface area contributed by atoms with E-state index in [9.17, 15) is 24.9 Å². The number of carbonyl (C=O) groups is 2. The third kappa shape index (κ3) is 4.77.